The first kappa shape index (κ1) is 17.7. The SMILES string of the molecule is Cn1ccnc1C1N(C(=O)c2cc3c(=O)n(C)c(=O)n(C)c3s2)CC1(C)C. The number of carbonyl (C=O) groups is 1. The smallest absolute Gasteiger partial charge is 0.331 e. The fourth-order valence-corrected chi connectivity index (χ4v) is 4.92. The van der Waals surface area contributed by atoms with Gasteiger partial charge >= 0.3 is 5.69 Å². The lowest BCUT2D eigenvalue weighted by Gasteiger charge is -2.53. The molecule has 9 heteroatoms. The van der Waals surface area contributed by atoms with E-state index in [0.29, 0.717) is 21.6 Å². The van der Waals surface area contributed by atoms with Crippen LogP contribution in [0.4, 0.5) is 0 Å². The van der Waals surface area contributed by atoms with E-state index in [1.54, 1.807) is 24.2 Å². The van der Waals surface area contributed by atoms with Crippen LogP contribution in [0.3, 0.4) is 0 Å². The molecule has 142 valence electrons. The second-order valence-corrected chi connectivity index (χ2v) is 8.79. The second-order valence-electron chi connectivity index (χ2n) is 7.76. The van der Waals surface area contributed by atoms with Crippen molar-refractivity contribution in [2.75, 3.05) is 6.54 Å². The van der Waals surface area contributed by atoms with Crippen LogP contribution in [-0.2, 0) is 21.1 Å². The highest BCUT2D eigenvalue weighted by Crippen LogP contribution is 2.48. The van der Waals surface area contributed by atoms with Crippen LogP contribution < -0.4 is 11.2 Å². The number of hydrogen-bond acceptors (Lipinski definition) is 5. The van der Waals surface area contributed by atoms with Gasteiger partial charge in [-0.15, -0.1) is 11.3 Å². The molecule has 1 saturated heterocycles. The molecule has 1 atom stereocenters. The number of aromatic nitrogens is 4. The Bertz CT molecular complexity index is 1200. The van der Waals surface area contributed by atoms with E-state index in [-0.39, 0.29) is 22.9 Å². The molecule has 0 aromatic carbocycles. The first-order chi connectivity index (χ1) is 12.6. The van der Waals surface area contributed by atoms with Crippen molar-refractivity contribution in [2.45, 2.75) is 19.9 Å². The molecule has 27 heavy (non-hydrogen) atoms. The summed E-state index contributed by atoms with van der Waals surface area (Å²) in [7, 11) is 4.97. The Morgan fingerprint density at radius 2 is 1.93 bits per heavy atom. The molecule has 3 aromatic rings. The minimum Gasteiger partial charge on any atom is -0.336 e. The zero-order chi connectivity index (χ0) is 19.7. The largest absolute Gasteiger partial charge is 0.336 e. The van der Waals surface area contributed by atoms with Gasteiger partial charge < -0.3 is 9.47 Å². The first-order valence-corrected chi connectivity index (χ1v) is 9.43. The van der Waals surface area contributed by atoms with Crippen LogP contribution in [-0.4, -0.2) is 36.0 Å². The van der Waals surface area contributed by atoms with Gasteiger partial charge in [-0.2, -0.15) is 0 Å². The summed E-state index contributed by atoms with van der Waals surface area (Å²) in [4.78, 5) is 44.9. The van der Waals surface area contributed by atoms with Gasteiger partial charge in [0.1, 0.15) is 10.7 Å². The van der Waals surface area contributed by atoms with Crippen LogP contribution in [0, 0.1) is 5.41 Å². The van der Waals surface area contributed by atoms with Crippen LogP contribution in [0.1, 0.15) is 35.4 Å². The molecule has 1 fully saturated rings. The lowest BCUT2D eigenvalue weighted by molar-refractivity contribution is -0.0371. The van der Waals surface area contributed by atoms with Crippen molar-refractivity contribution in [1.82, 2.24) is 23.6 Å². The zero-order valence-electron chi connectivity index (χ0n) is 15.9. The van der Waals surface area contributed by atoms with Gasteiger partial charge in [-0.3, -0.25) is 18.7 Å². The molecule has 0 aliphatic carbocycles. The Hall–Kier alpha value is -2.68. The summed E-state index contributed by atoms with van der Waals surface area (Å²) in [5.74, 6) is 0.696. The normalized spacial score (nSPS) is 18.7. The third kappa shape index (κ3) is 2.41. The summed E-state index contributed by atoms with van der Waals surface area (Å²) in [5, 5.41) is 0.390. The Morgan fingerprint density at radius 1 is 1.22 bits per heavy atom. The number of imidazole rings is 1. The Kier molecular flexibility index (Phi) is 3.71. The van der Waals surface area contributed by atoms with E-state index in [1.165, 1.54) is 23.0 Å². The van der Waals surface area contributed by atoms with Gasteiger partial charge in [0.2, 0.25) is 0 Å². The average Bonchev–Trinajstić information content (AvgIpc) is 3.23. The van der Waals surface area contributed by atoms with Crippen molar-refractivity contribution in [3.63, 3.8) is 0 Å². The Balaban J connectivity index is 1.79. The van der Waals surface area contributed by atoms with Crippen molar-refractivity contribution in [1.29, 1.82) is 0 Å². The summed E-state index contributed by atoms with van der Waals surface area (Å²) < 4.78 is 4.40. The first-order valence-electron chi connectivity index (χ1n) is 8.61. The number of carbonyl (C=O) groups excluding carboxylic acids is 1. The molecule has 4 heterocycles. The average molecular weight is 387 g/mol. The van der Waals surface area contributed by atoms with Crippen molar-refractivity contribution in [3.8, 4) is 0 Å². The lowest BCUT2D eigenvalue weighted by Crippen LogP contribution is -2.58. The quantitative estimate of drug-likeness (QED) is 0.663. The van der Waals surface area contributed by atoms with Gasteiger partial charge in [0.05, 0.1) is 16.3 Å². The van der Waals surface area contributed by atoms with Gasteiger partial charge in [-0.05, 0) is 6.07 Å². The second kappa shape index (κ2) is 5.66. The molecule has 1 aliphatic rings. The number of amides is 1. The van der Waals surface area contributed by atoms with E-state index in [9.17, 15) is 14.4 Å². The molecular formula is C18H21N5O3S. The number of rotatable bonds is 2. The zero-order valence-corrected chi connectivity index (χ0v) is 16.7. The van der Waals surface area contributed by atoms with Crippen LogP contribution >= 0.6 is 11.3 Å². The molecule has 0 bridgehead atoms. The Morgan fingerprint density at radius 3 is 2.52 bits per heavy atom. The minimum absolute atomic E-state index is 0.0888. The number of nitrogens with zero attached hydrogens (tertiary/aromatic N) is 5. The van der Waals surface area contributed by atoms with Crippen molar-refractivity contribution in [2.24, 2.45) is 26.6 Å². The van der Waals surface area contributed by atoms with E-state index in [4.69, 9.17) is 0 Å². The van der Waals surface area contributed by atoms with Crippen molar-refractivity contribution < 1.29 is 4.79 Å². The molecule has 1 unspecified atom stereocenters. The van der Waals surface area contributed by atoms with Gasteiger partial charge in [0.15, 0.2) is 0 Å². The topological polar surface area (TPSA) is 82.1 Å². The molecule has 0 spiro atoms. The third-order valence-corrected chi connectivity index (χ3v) is 6.53. The molecule has 8 nitrogen and oxygen atoms in total. The predicted octanol–water partition coefficient (Wildman–Crippen LogP) is 1.26. The van der Waals surface area contributed by atoms with Gasteiger partial charge in [0, 0.05) is 45.5 Å². The highest BCUT2D eigenvalue weighted by Gasteiger charge is 2.51. The van der Waals surface area contributed by atoms with Crippen molar-refractivity contribution in [3.05, 3.63) is 50.0 Å². The Labute approximate surface area is 159 Å². The maximum Gasteiger partial charge on any atom is 0.331 e. The molecule has 1 aliphatic heterocycles. The number of likely N-dealkylation sites (tertiary alicyclic amines) is 1. The maximum absolute atomic E-state index is 13.2. The molecule has 3 aromatic heterocycles. The van der Waals surface area contributed by atoms with E-state index in [1.807, 2.05) is 17.8 Å². The predicted molar refractivity (Wildman–Crippen MR) is 103 cm³/mol. The lowest BCUT2D eigenvalue weighted by atomic mass is 9.74. The maximum atomic E-state index is 13.2. The van der Waals surface area contributed by atoms with Crippen LogP contribution in [0.15, 0.2) is 28.0 Å². The number of thiophene rings is 1. The van der Waals surface area contributed by atoms with Gasteiger partial charge in [-0.1, -0.05) is 13.8 Å². The van der Waals surface area contributed by atoms with E-state index in [2.05, 4.69) is 18.8 Å². The van der Waals surface area contributed by atoms with Gasteiger partial charge in [0.25, 0.3) is 11.5 Å². The van der Waals surface area contributed by atoms with Crippen LogP contribution in [0.25, 0.3) is 10.2 Å². The summed E-state index contributed by atoms with van der Waals surface area (Å²) in [6.07, 6.45) is 3.59. The van der Waals surface area contributed by atoms with E-state index in [0.717, 1.165) is 10.4 Å². The third-order valence-electron chi connectivity index (χ3n) is 5.33. The summed E-state index contributed by atoms with van der Waals surface area (Å²) in [6.45, 7) is 4.83. The van der Waals surface area contributed by atoms with Gasteiger partial charge in [-0.25, -0.2) is 9.78 Å². The minimum atomic E-state index is -0.399. The highest BCUT2D eigenvalue weighted by atomic mass is 32.1. The summed E-state index contributed by atoms with van der Waals surface area (Å²) >= 11 is 1.18. The number of hydrogen-bond donors (Lipinski definition) is 0. The van der Waals surface area contributed by atoms with Crippen LogP contribution in [0.5, 0.6) is 0 Å². The van der Waals surface area contributed by atoms with Crippen molar-refractivity contribution >= 4 is 27.5 Å². The molecule has 4 rings (SSSR count). The monoisotopic (exact) mass is 387 g/mol. The van der Waals surface area contributed by atoms with E-state index >= 15 is 0 Å². The van der Waals surface area contributed by atoms with E-state index < -0.39 is 5.69 Å². The molecular weight excluding hydrogens is 366 g/mol. The summed E-state index contributed by atoms with van der Waals surface area (Å²) in [6, 6.07) is 1.46. The molecule has 0 radical (unpaired) electrons. The fraction of sp³-hybridized carbons (Fsp3) is 0.444. The fourth-order valence-electron chi connectivity index (χ4n) is 3.85. The summed E-state index contributed by atoms with van der Waals surface area (Å²) in [5.41, 5.74) is -0.869. The molecule has 1 amide bonds. The molecule has 0 saturated carbocycles. The van der Waals surface area contributed by atoms with Crippen LogP contribution in [0.2, 0.25) is 0 Å². The standard InChI is InChI=1S/C18H21N5O3S/c1-18(2)9-23(12(18)13-19-6-7-20(13)3)15(25)11-8-10-14(24)21(4)17(26)22(5)16(10)27-11/h6-8,12H,9H2,1-5H3. The number of aryl methyl sites for hydroxylation is 2. The highest BCUT2D eigenvalue weighted by molar-refractivity contribution is 7.20. The number of fused-ring (bicyclic) bond motifs is 1. The molecule has 0 N–H and O–H groups in total.